The first-order chi connectivity index (χ1) is 8.43. The van der Waals surface area contributed by atoms with E-state index in [9.17, 15) is 17.2 Å². The monoisotopic (exact) mass is 301 g/mol. The predicted molar refractivity (Wildman–Crippen MR) is 63.8 cm³/mol. The largest absolute Gasteiger partial charge is 0.749 e. The maximum Gasteiger partial charge on any atom is 0.280 e. The van der Waals surface area contributed by atoms with Gasteiger partial charge >= 0.3 is 0 Å². The minimum Gasteiger partial charge on any atom is -0.749 e. The summed E-state index contributed by atoms with van der Waals surface area (Å²) in [5.74, 6) is -0.346. The van der Waals surface area contributed by atoms with Gasteiger partial charge in [-0.2, -0.15) is 12.0 Å². The van der Waals surface area contributed by atoms with Gasteiger partial charge in [0.25, 0.3) is 10.1 Å². The third kappa shape index (κ3) is 6.18. The molecule has 1 aliphatic rings. The van der Waals surface area contributed by atoms with Crippen LogP contribution in [0.3, 0.4) is 0 Å². The fourth-order valence-corrected chi connectivity index (χ4v) is 3.17. The van der Waals surface area contributed by atoms with Crippen molar-refractivity contribution >= 4 is 21.5 Å². The van der Waals surface area contributed by atoms with Crippen molar-refractivity contribution in [2.24, 2.45) is 0 Å². The van der Waals surface area contributed by atoms with Crippen molar-refractivity contribution in [1.29, 1.82) is 0 Å². The summed E-state index contributed by atoms with van der Waals surface area (Å²) in [4.78, 5) is 4.00. The Bertz CT molecular complexity index is 366. The zero-order chi connectivity index (χ0) is 13.6. The van der Waals surface area contributed by atoms with Gasteiger partial charge in [0.2, 0.25) is 0 Å². The van der Waals surface area contributed by atoms with Gasteiger partial charge in [-0.15, -0.1) is 0 Å². The van der Waals surface area contributed by atoms with Crippen LogP contribution in [0.25, 0.3) is 0 Å². The summed E-state index contributed by atoms with van der Waals surface area (Å²) < 4.78 is 46.4. The van der Waals surface area contributed by atoms with Crippen LogP contribution in [-0.2, 0) is 25.1 Å². The second-order valence-corrected chi connectivity index (χ2v) is 6.42. The number of β-amino-alcohol motifs (C(OH)–C–C–N with tert-alkyl or cyclic N) is 1. The molecule has 0 aliphatic carbocycles. The molecule has 1 rings (SSSR count). The molecule has 1 unspecified atom stereocenters. The number of hydrogen-bond donors (Lipinski definition) is 1. The van der Waals surface area contributed by atoms with Gasteiger partial charge in [-0.05, 0) is 0 Å². The van der Waals surface area contributed by atoms with Gasteiger partial charge in [0.15, 0.2) is 0 Å². The Kier molecular flexibility index (Phi) is 6.63. The Morgan fingerprint density at radius 3 is 2.11 bits per heavy atom. The molecule has 0 aromatic heterocycles. The SMILES string of the molecule is O=S([O-])OS(=O)(=O)CCN1CCN(CCO)CC1. The number of hydrogen-bond acceptors (Lipinski definition) is 8. The van der Waals surface area contributed by atoms with Crippen LogP contribution in [0.2, 0.25) is 0 Å². The van der Waals surface area contributed by atoms with Crippen molar-refractivity contribution in [2.45, 2.75) is 0 Å². The minimum absolute atomic E-state index is 0.109. The van der Waals surface area contributed by atoms with E-state index in [1.165, 1.54) is 0 Å². The highest BCUT2D eigenvalue weighted by atomic mass is 32.3. The van der Waals surface area contributed by atoms with Crippen LogP contribution in [0, 0.1) is 0 Å². The molecule has 1 fully saturated rings. The maximum absolute atomic E-state index is 11.2. The third-order valence-electron chi connectivity index (χ3n) is 2.70. The average molecular weight is 301 g/mol. The molecular weight excluding hydrogens is 284 g/mol. The quantitative estimate of drug-likeness (QED) is 0.524. The maximum atomic E-state index is 11.2. The molecular formula is C8H17N2O6S2-. The Labute approximate surface area is 109 Å². The summed E-state index contributed by atoms with van der Waals surface area (Å²) >= 11 is -3.04. The highest BCUT2D eigenvalue weighted by Gasteiger charge is 2.19. The first kappa shape index (κ1) is 16.0. The van der Waals surface area contributed by atoms with E-state index in [4.69, 9.17) is 5.11 Å². The van der Waals surface area contributed by atoms with Gasteiger partial charge in [-0.25, -0.2) is 4.21 Å². The first-order valence-electron chi connectivity index (χ1n) is 5.50. The van der Waals surface area contributed by atoms with E-state index in [1.54, 1.807) is 0 Å². The highest BCUT2D eigenvalue weighted by molar-refractivity contribution is 7.95. The number of piperazine rings is 1. The summed E-state index contributed by atoms with van der Waals surface area (Å²) in [5.41, 5.74) is 0. The van der Waals surface area contributed by atoms with Crippen LogP contribution in [0.5, 0.6) is 0 Å². The van der Waals surface area contributed by atoms with Crippen LogP contribution in [0.4, 0.5) is 0 Å². The van der Waals surface area contributed by atoms with Crippen LogP contribution in [0.15, 0.2) is 0 Å². The Morgan fingerprint density at radius 1 is 1.17 bits per heavy atom. The Hall–Kier alpha value is -0.100. The van der Waals surface area contributed by atoms with E-state index in [0.29, 0.717) is 19.6 Å². The molecule has 0 radical (unpaired) electrons. The number of rotatable bonds is 7. The van der Waals surface area contributed by atoms with Gasteiger partial charge in [0.1, 0.15) is 11.4 Å². The minimum atomic E-state index is -4.01. The summed E-state index contributed by atoms with van der Waals surface area (Å²) in [5, 5.41) is 8.77. The summed E-state index contributed by atoms with van der Waals surface area (Å²) in [7, 11) is -4.01. The molecule has 1 atom stereocenters. The molecule has 0 saturated carbocycles. The van der Waals surface area contributed by atoms with Gasteiger partial charge in [-0.3, -0.25) is 9.80 Å². The molecule has 1 saturated heterocycles. The molecule has 0 bridgehead atoms. The van der Waals surface area contributed by atoms with Crippen LogP contribution in [-0.4, -0.2) is 83.7 Å². The molecule has 0 spiro atoms. The standard InChI is InChI=1S/C8H18N2O6S2/c11-7-5-9-1-3-10(4-2-9)6-8-18(14,15)16-17(12)13/h11H,1-8H2,(H,12,13)/p-1. The van der Waals surface area contributed by atoms with E-state index in [1.807, 2.05) is 4.90 Å². The van der Waals surface area contributed by atoms with Gasteiger partial charge in [0.05, 0.1) is 12.4 Å². The molecule has 0 amide bonds. The lowest BCUT2D eigenvalue weighted by Crippen LogP contribution is -2.48. The van der Waals surface area contributed by atoms with E-state index >= 15 is 0 Å². The second kappa shape index (κ2) is 7.48. The molecule has 10 heteroatoms. The smallest absolute Gasteiger partial charge is 0.280 e. The van der Waals surface area contributed by atoms with Crippen molar-refractivity contribution < 1.29 is 25.9 Å². The van der Waals surface area contributed by atoms with E-state index in [-0.39, 0.29) is 18.9 Å². The van der Waals surface area contributed by atoms with Gasteiger partial charge in [-0.1, -0.05) is 0 Å². The topological polar surface area (TPSA) is 110 Å². The predicted octanol–water partition coefficient (Wildman–Crippen LogP) is -2.26. The summed E-state index contributed by atoms with van der Waals surface area (Å²) in [6, 6.07) is 0. The molecule has 8 nitrogen and oxygen atoms in total. The van der Waals surface area contributed by atoms with Crippen LogP contribution >= 0.6 is 0 Å². The molecule has 108 valence electrons. The molecule has 1 N–H and O–H groups in total. The van der Waals surface area contributed by atoms with Crippen molar-refractivity contribution in [3.63, 3.8) is 0 Å². The normalized spacial score (nSPS) is 21.0. The summed E-state index contributed by atoms with van der Waals surface area (Å²) in [6.07, 6.45) is 0. The van der Waals surface area contributed by atoms with Crippen molar-refractivity contribution in [2.75, 3.05) is 51.6 Å². The average Bonchev–Trinajstić information content (AvgIpc) is 2.27. The lowest BCUT2D eigenvalue weighted by Gasteiger charge is -2.34. The second-order valence-electron chi connectivity index (χ2n) is 3.94. The van der Waals surface area contributed by atoms with E-state index in [2.05, 4.69) is 8.53 Å². The number of nitrogens with zero attached hydrogens (tertiary/aromatic N) is 2. The van der Waals surface area contributed by atoms with E-state index in [0.717, 1.165) is 13.1 Å². The van der Waals surface area contributed by atoms with Gasteiger partial charge in [0, 0.05) is 39.3 Å². The summed E-state index contributed by atoms with van der Waals surface area (Å²) in [6.45, 7) is 3.87. The lowest BCUT2D eigenvalue weighted by atomic mass is 10.3. The fourth-order valence-electron chi connectivity index (χ4n) is 1.74. The number of aliphatic hydroxyl groups is 1. The first-order valence-corrected chi connectivity index (χ1v) is 8.08. The molecule has 0 aromatic carbocycles. The van der Waals surface area contributed by atoms with Crippen LogP contribution < -0.4 is 0 Å². The van der Waals surface area contributed by atoms with Crippen molar-refractivity contribution in [1.82, 2.24) is 9.80 Å². The third-order valence-corrected chi connectivity index (χ3v) is 4.65. The Balaban J connectivity index is 2.27. The van der Waals surface area contributed by atoms with Crippen molar-refractivity contribution in [3.05, 3.63) is 0 Å². The zero-order valence-electron chi connectivity index (χ0n) is 9.86. The fraction of sp³-hybridized carbons (Fsp3) is 1.00. The van der Waals surface area contributed by atoms with Crippen molar-refractivity contribution in [3.8, 4) is 0 Å². The van der Waals surface area contributed by atoms with E-state index < -0.39 is 21.5 Å². The Morgan fingerprint density at radius 2 is 1.67 bits per heavy atom. The lowest BCUT2D eigenvalue weighted by molar-refractivity contribution is 0.116. The van der Waals surface area contributed by atoms with Gasteiger partial charge < -0.3 is 9.66 Å². The highest BCUT2D eigenvalue weighted by Crippen LogP contribution is 2.03. The molecule has 1 heterocycles. The van der Waals surface area contributed by atoms with Crippen LogP contribution in [0.1, 0.15) is 0 Å². The molecule has 0 aromatic rings. The molecule has 18 heavy (non-hydrogen) atoms. The molecule has 1 aliphatic heterocycles. The number of aliphatic hydroxyl groups excluding tert-OH is 1. The zero-order valence-corrected chi connectivity index (χ0v) is 11.5.